The lowest BCUT2D eigenvalue weighted by molar-refractivity contribution is 0.0600. The lowest BCUT2D eigenvalue weighted by atomic mass is 9.96. The standard InChI is InChI=1S/C29H28N4O2S/c1-18-11-13-22(14-12-18)33-27(26(31-29(33)36)25-10-5-6-15-30-25)24-16-19(2)32(20(24)3)23-9-7-8-21(17-23)28(34)35-4/h5-17,26-27H,1-4H3,(H,31,36)/t26-,27+/m1/s1. The van der Waals surface area contributed by atoms with Gasteiger partial charge in [0.25, 0.3) is 0 Å². The van der Waals surface area contributed by atoms with Crippen LogP contribution in [0.15, 0.2) is 79.0 Å². The Morgan fingerprint density at radius 1 is 0.972 bits per heavy atom. The molecule has 0 aliphatic carbocycles. The molecule has 36 heavy (non-hydrogen) atoms. The quantitative estimate of drug-likeness (QED) is 0.280. The van der Waals surface area contributed by atoms with Crippen LogP contribution in [0.2, 0.25) is 0 Å². The van der Waals surface area contributed by atoms with Gasteiger partial charge < -0.3 is 19.5 Å². The van der Waals surface area contributed by atoms with E-state index in [-0.39, 0.29) is 18.1 Å². The topological polar surface area (TPSA) is 59.4 Å². The van der Waals surface area contributed by atoms with Gasteiger partial charge in [0.2, 0.25) is 0 Å². The van der Waals surface area contributed by atoms with E-state index in [0.29, 0.717) is 10.7 Å². The van der Waals surface area contributed by atoms with E-state index in [2.05, 4.69) is 70.9 Å². The fourth-order valence-electron chi connectivity index (χ4n) is 5.03. The molecule has 1 aliphatic heterocycles. The maximum atomic E-state index is 12.2. The molecule has 7 heteroatoms. The lowest BCUT2D eigenvalue weighted by Gasteiger charge is -2.28. The summed E-state index contributed by atoms with van der Waals surface area (Å²) in [7, 11) is 1.40. The summed E-state index contributed by atoms with van der Waals surface area (Å²) in [5.41, 5.74) is 7.84. The second-order valence-electron chi connectivity index (χ2n) is 9.04. The average molecular weight is 497 g/mol. The highest BCUT2D eigenvalue weighted by Crippen LogP contribution is 2.43. The van der Waals surface area contributed by atoms with Gasteiger partial charge >= 0.3 is 5.97 Å². The van der Waals surface area contributed by atoms with Crippen molar-refractivity contribution in [1.29, 1.82) is 0 Å². The minimum absolute atomic E-state index is 0.112. The zero-order valence-corrected chi connectivity index (χ0v) is 21.5. The molecule has 1 aliphatic rings. The number of aromatic nitrogens is 2. The molecular weight excluding hydrogens is 468 g/mol. The van der Waals surface area contributed by atoms with Crippen molar-refractivity contribution in [2.45, 2.75) is 32.9 Å². The van der Waals surface area contributed by atoms with Crippen LogP contribution in [-0.2, 0) is 4.74 Å². The van der Waals surface area contributed by atoms with E-state index in [4.69, 9.17) is 17.0 Å². The van der Waals surface area contributed by atoms with Gasteiger partial charge in [-0.2, -0.15) is 0 Å². The summed E-state index contributed by atoms with van der Waals surface area (Å²) in [5.74, 6) is -0.356. The number of rotatable bonds is 5. The Morgan fingerprint density at radius 2 is 1.75 bits per heavy atom. The number of hydrogen-bond acceptors (Lipinski definition) is 4. The van der Waals surface area contributed by atoms with Crippen LogP contribution in [0.5, 0.6) is 0 Å². The highest BCUT2D eigenvalue weighted by Gasteiger charge is 2.42. The molecule has 5 rings (SSSR count). The smallest absolute Gasteiger partial charge is 0.337 e. The van der Waals surface area contributed by atoms with Crippen LogP contribution in [-0.4, -0.2) is 27.7 Å². The predicted octanol–water partition coefficient (Wildman–Crippen LogP) is 5.76. The average Bonchev–Trinajstić information content (AvgIpc) is 3.39. The molecule has 0 amide bonds. The van der Waals surface area contributed by atoms with Gasteiger partial charge in [-0.15, -0.1) is 0 Å². The first kappa shape index (κ1) is 23.8. The summed E-state index contributed by atoms with van der Waals surface area (Å²) in [4.78, 5) is 19.0. The summed E-state index contributed by atoms with van der Waals surface area (Å²) >= 11 is 5.87. The third-order valence-electron chi connectivity index (χ3n) is 6.72. The maximum absolute atomic E-state index is 12.2. The molecule has 1 fully saturated rings. The van der Waals surface area contributed by atoms with Gasteiger partial charge in [-0.1, -0.05) is 29.8 Å². The zero-order valence-electron chi connectivity index (χ0n) is 20.7. The molecule has 2 atom stereocenters. The number of methoxy groups -OCH3 is 1. The Bertz CT molecular complexity index is 1430. The Balaban J connectivity index is 1.66. The zero-order chi connectivity index (χ0) is 25.4. The summed E-state index contributed by atoms with van der Waals surface area (Å²) in [6.45, 7) is 6.26. The number of carbonyl (C=O) groups is 1. The third kappa shape index (κ3) is 4.16. The number of benzene rings is 2. The SMILES string of the molecule is COC(=O)c1cccc(-n2c(C)cc([C@H]3[C@@H](c4ccccn4)NC(=S)N3c3ccc(C)cc3)c2C)c1. The van der Waals surface area contributed by atoms with Crippen LogP contribution in [0.1, 0.15) is 50.7 Å². The van der Waals surface area contributed by atoms with Crippen molar-refractivity contribution in [3.8, 4) is 5.69 Å². The summed E-state index contributed by atoms with van der Waals surface area (Å²) in [6.07, 6.45) is 1.81. The Hall–Kier alpha value is -3.97. The number of pyridine rings is 1. The molecule has 182 valence electrons. The first-order valence-electron chi connectivity index (χ1n) is 11.8. The normalized spacial score (nSPS) is 17.2. The third-order valence-corrected chi connectivity index (χ3v) is 7.04. The number of nitrogens with zero attached hydrogens (tertiary/aromatic N) is 3. The van der Waals surface area contributed by atoms with Crippen molar-refractivity contribution in [1.82, 2.24) is 14.9 Å². The molecule has 0 spiro atoms. The number of hydrogen-bond donors (Lipinski definition) is 1. The Labute approximate surface area is 216 Å². The van der Waals surface area contributed by atoms with Crippen LogP contribution in [0.25, 0.3) is 5.69 Å². The first-order valence-corrected chi connectivity index (χ1v) is 12.2. The number of anilines is 1. The lowest BCUT2D eigenvalue weighted by Crippen LogP contribution is -2.29. The summed E-state index contributed by atoms with van der Waals surface area (Å²) < 4.78 is 7.11. The van der Waals surface area contributed by atoms with Crippen molar-refractivity contribution in [2.24, 2.45) is 0 Å². The molecule has 2 aromatic carbocycles. The van der Waals surface area contributed by atoms with Gasteiger partial charge in [-0.3, -0.25) is 4.98 Å². The molecule has 0 saturated carbocycles. The number of nitrogens with one attached hydrogen (secondary N) is 1. The van der Waals surface area contributed by atoms with Crippen molar-refractivity contribution < 1.29 is 9.53 Å². The van der Waals surface area contributed by atoms with E-state index >= 15 is 0 Å². The highest BCUT2D eigenvalue weighted by molar-refractivity contribution is 7.80. The fraction of sp³-hybridized carbons (Fsp3) is 0.207. The van der Waals surface area contributed by atoms with Gasteiger partial charge in [-0.05, 0) is 87.1 Å². The van der Waals surface area contributed by atoms with Gasteiger partial charge in [-0.25, -0.2) is 4.79 Å². The number of thiocarbonyl (C=S) groups is 1. The van der Waals surface area contributed by atoms with Crippen molar-refractivity contribution in [3.05, 3.63) is 113 Å². The number of esters is 1. The minimum atomic E-state index is -0.356. The van der Waals surface area contributed by atoms with E-state index in [1.807, 2.05) is 42.6 Å². The number of aryl methyl sites for hydroxylation is 2. The molecule has 3 heterocycles. The van der Waals surface area contributed by atoms with Crippen molar-refractivity contribution in [3.63, 3.8) is 0 Å². The molecule has 0 bridgehead atoms. The van der Waals surface area contributed by atoms with Crippen molar-refractivity contribution >= 4 is 29.0 Å². The van der Waals surface area contributed by atoms with Crippen LogP contribution >= 0.6 is 12.2 Å². The molecule has 0 radical (unpaired) electrons. The van der Waals surface area contributed by atoms with E-state index in [1.54, 1.807) is 6.07 Å². The van der Waals surface area contributed by atoms with E-state index in [1.165, 1.54) is 12.7 Å². The second-order valence-corrected chi connectivity index (χ2v) is 9.42. The molecule has 4 aromatic rings. The molecular formula is C29H28N4O2S. The first-order chi connectivity index (χ1) is 17.4. The van der Waals surface area contributed by atoms with Crippen molar-refractivity contribution in [2.75, 3.05) is 12.0 Å². The highest BCUT2D eigenvalue weighted by atomic mass is 32.1. The second kappa shape index (κ2) is 9.59. The number of ether oxygens (including phenoxy) is 1. The van der Waals surface area contributed by atoms with E-state index in [9.17, 15) is 4.79 Å². The van der Waals surface area contributed by atoms with Gasteiger partial charge in [0.15, 0.2) is 5.11 Å². The predicted molar refractivity (Wildman–Crippen MR) is 146 cm³/mol. The monoisotopic (exact) mass is 496 g/mol. The van der Waals surface area contributed by atoms with E-state index in [0.717, 1.165) is 34.0 Å². The van der Waals surface area contributed by atoms with Crippen LogP contribution < -0.4 is 10.2 Å². The molecule has 1 N–H and O–H groups in total. The molecule has 0 unspecified atom stereocenters. The summed E-state index contributed by atoms with van der Waals surface area (Å²) in [6, 6.07) is 23.8. The number of carbonyl (C=O) groups excluding carboxylic acids is 1. The van der Waals surface area contributed by atoms with E-state index < -0.39 is 0 Å². The Morgan fingerprint density at radius 3 is 2.44 bits per heavy atom. The Kier molecular flexibility index (Phi) is 6.33. The largest absolute Gasteiger partial charge is 0.465 e. The molecule has 1 saturated heterocycles. The van der Waals surface area contributed by atoms with Crippen LogP contribution in [0.3, 0.4) is 0 Å². The summed E-state index contributed by atoms with van der Waals surface area (Å²) in [5, 5.41) is 4.20. The maximum Gasteiger partial charge on any atom is 0.337 e. The van der Waals surface area contributed by atoms with Gasteiger partial charge in [0.1, 0.15) is 0 Å². The van der Waals surface area contributed by atoms with Crippen LogP contribution in [0, 0.1) is 20.8 Å². The van der Waals surface area contributed by atoms with Gasteiger partial charge in [0.05, 0.1) is 30.5 Å². The van der Waals surface area contributed by atoms with Gasteiger partial charge in [0, 0.05) is 29.0 Å². The molecule has 6 nitrogen and oxygen atoms in total. The minimum Gasteiger partial charge on any atom is -0.465 e. The molecule has 2 aromatic heterocycles. The van der Waals surface area contributed by atoms with Crippen LogP contribution in [0.4, 0.5) is 5.69 Å². The fourth-order valence-corrected chi connectivity index (χ4v) is 5.37.